The average Bonchev–Trinajstić information content (AvgIpc) is 3.19. The fraction of sp³-hybridized carbons (Fsp3) is 0.409. The number of benzene rings is 2. The lowest BCUT2D eigenvalue weighted by molar-refractivity contribution is -0.138. The van der Waals surface area contributed by atoms with Gasteiger partial charge in [-0.05, 0) is 48.6 Å². The second-order valence-corrected chi connectivity index (χ2v) is 8.24. The molecule has 32 heavy (non-hydrogen) atoms. The van der Waals surface area contributed by atoms with E-state index in [1.807, 2.05) is 0 Å². The molecule has 3 nitrogen and oxygen atoms in total. The highest BCUT2D eigenvalue weighted by Crippen LogP contribution is 2.41. The van der Waals surface area contributed by atoms with Crippen LogP contribution in [0.1, 0.15) is 48.8 Å². The summed E-state index contributed by atoms with van der Waals surface area (Å²) in [4.78, 5) is 12.3. The van der Waals surface area contributed by atoms with Crippen LogP contribution in [-0.2, 0) is 23.7 Å². The Balaban J connectivity index is 1.75. The summed E-state index contributed by atoms with van der Waals surface area (Å²) in [6, 6.07) is 6.33. The van der Waals surface area contributed by atoms with Crippen LogP contribution >= 0.6 is 11.6 Å². The van der Waals surface area contributed by atoms with Crippen molar-refractivity contribution in [2.75, 3.05) is 10.6 Å². The molecule has 0 heterocycles. The number of hydrogen-bond donors (Lipinski definition) is 2. The molecule has 174 valence electrons. The standard InChI is InChI=1S/C22H21ClF6N2O/c23-18-11-16(30-12-14-5-7-15(8-6-14)21(24,25)26)10-17(22(27,28)29)20(18)31-19(32)9-13-3-1-2-4-13/h5-8,10-11,13,30H,1-4,9,12H2,(H,31,32). The van der Waals surface area contributed by atoms with Crippen molar-refractivity contribution < 1.29 is 31.1 Å². The molecule has 0 saturated heterocycles. The molecular formula is C22H21ClF6N2O. The Morgan fingerprint density at radius 1 is 0.969 bits per heavy atom. The summed E-state index contributed by atoms with van der Waals surface area (Å²) in [5.74, 6) is -0.359. The Morgan fingerprint density at radius 3 is 2.16 bits per heavy atom. The van der Waals surface area contributed by atoms with Crippen molar-refractivity contribution in [3.8, 4) is 0 Å². The zero-order chi connectivity index (χ0) is 23.5. The van der Waals surface area contributed by atoms with Crippen molar-refractivity contribution in [2.45, 2.75) is 51.0 Å². The van der Waals surface area contributed by atoms with Gasteiger partial charge in [0.2, 0.25) is 5.91 Å². The minimum absolute atomic E-state index is 0.0147. The molecule has 0 spiro atoms. The number of anilines is 2. The van der Waals surface area contributed by atoms with Crippen molar-refractivity contribution in [1.82, 2.24) is 0 Å². The van der Waals surface area contributed by atoms with Gasteiger partial charge in [0.1, 0.15) is 0 Å². The van der Waals surface area contributed by atoms with Crippen LogP contribution in [0.3, 0.4) is 0 Å². The van der Waals surface area contributed by atoms with Crippen LogP contribution in [0, 0.1) is 5.92 Å². The molecule has 0 aromatic heterocycles. The van der Waals surface area contributed by atoms with Gasteiger partial charge in [-0.1, -0.05) is 36.6 Å². The first-order valence-electron chi connectivity index (χ1n) is 10.0. The zero-order valence-electron chi connectivity index (χ0n) is 16.8. The van der Waals surface area contributed by atoms with E-state index in [2.05, 4.69) is 10.6 Å². The molecule has 1 aliphatic carbocycles. The van der Waals surface area contributed by atoms with Gasteiger partial charge in [0.05, 0.1) is 21.8 Å². The lowest BCUT2D eigenvalue weighted by Gasteiger charge is -2.19. The van der Waals surface area contributed by atoms with Gasteiger partial charge in [0, 0.05) is 18.7 Å². The topological polar surface area (TPSA) is 41.1 Å². The molecule has 3 rings (SSSR count). The van der Waals surface area contributed by atoms with Gasteiger partial charge in [0.25, 0.3) is 0 Å². The Bertz CT molecular complexity index is 951. The van der Waals surface area contributed by atoms with E-state index in [9.17, 15) is 31.1 Å². The number of carbonyl (C=O) groups excluding carboxylic acids is 1. The largest absolute Gasteiger partial charge is 0.418 e. The summed E-state index contributed by atoms with van der Waals surface area (Å²) >= 11 is 6.07. The van der Waals surface area contributed by atoms with Crippen LogP contribution in [0.25, 0.3) is 0 Å². The molecule has 2 aromatic carbocycles. The predicted molar refractivity (Wildman–Crippen MR) is 110 cm³/mol. The fourth-order valence-electron chi connectivity index (χ4n) is 3.74. The molecule has 0 radical (unpaired) electrons. The number of carbonyl (C=O) groups is 1. The third-order valence-corrected chi connectivity index (χ3v) is 5.68. The van der Waals surface area contributed by atoms with E-state index in [0.717, 1.165) is 43.9 Å². The Labute approximate surface area is 186 Å². The molecule has 0 atom stereocenters. The van der Waals surface area contributed by atoms with Crippen LogP contribution in [0.4, 0.5) is 37.7 Å². The third kappa shape index (κ3) is 6.31. The maximum absolute atomic E-state index is 13.6. The predicted octanol–water partition coefficient (Wildman–Crippen LogP) is 7.51. The van der Waals surface area contributed by atoms with Gasteiger partial charge in [0.15, 0.2) is 0 Å². The smallest absolute Gasteiger partial charge is 0.381 e. The molecule has 1 saturated carbocycles. The van der Waals surface area contributed by atoms with E-state index in [0.29, 0.717) is 5.56 Å². The van der Waals surface area contributed by atoms with Gasteiger partial charge in [-0.15, -0.1) is 0 Å². The van der Waals surface area contributed by atoms with E-state index < -0.39 is 35.1 Å². The molecular weight excluding hydrogens is 458 g/mol. The minimum Gasteiger partial charge on any atom is -0.381 e. The average molecular weight is 479 g/mol. The lowest BCUT2D eigenvalue weighted by Crippen LogP contribution is -2.19. The number of hydrogen-bond acceptors (Lipinski definition) is 2. The molecule has 10 heteroatoms. The van der Waals surface area contributed by atoms with Crippen LogP contribution in [0.2, 0.25) is 5.02 Å². The maximum Gasteiger partial charge on any atom is 0.418 e. The molecule has 1 fully saturated rings. The summed E-state index contributed by atoms with van der Waals surface area (Å²) in [7, 11) is 0. The second-order valence-electron chi connectivity index (χ2n) is 7.83. The van der Waals surface area contributed by atoms with Gasteiger partial charge in [-0.25, -0.2) is 0 Å². The van der Waals surface area contributed by atoms with Crippen molar-refractivity contribution in [3.63, 3.8) is 0 Å². The van der Waals surface area contributed by atoms with E-state index in [-0.39, 0.29) is 29.6 Å². The van der Waals surface area contributed by atoms with E-state index in [4.69, 9.17) is 11.6 Å². The maximum atomic E-state index is 13.6. The molecule has 1 aliphatic rings. The zero-order valence-corrected chi connectivity index (χ0v) is 17.6. The Kier molecular flexibility index (Phi) is 7.27. The van der Waals surface area contributed by atoms with Gasteiger partial charge in [-0.3, -0.25) is 4.79 Å². The van der Waals surface area contributed by atoms with Crippen molar-refractivity contribution >= 4 is 28.9 Å². The molecule has 2 aromatic rings. The summed E-state index contributed by atoms with van der Waals surface area (Å²) in [5, 5.41) is 4.76. The van der Waals surface area contributed by atoms with Crippen LogP contribution in [0.15, 0.2) is 36.4 Å². The number of halogens is 7. The van der Waals surface area contributed by atoms with Crippen molar-refractivity contribution in [2.24, 2.45) is 5.92 Å². The van der Waals surface area contributed by atoms with E-state index in [1.54, 1.807) is 0 Å². The summed E-state index contributed by atoms with van der Waals surface area (Å²) < 4.78 is 78.9. The van der Waals surface area contributed by atoms with E-state index >= 15 is 0 Å². The van der Waals surface area contributed by atoms with Crippen LogP contribution in [0.5, 0.6) is 0 Å². The van der Waals surface area contributed by atoms with Gasteiger partial charge >= 0.3 is 12.4 Å². The van der Waals surface area contributed by atoms with E-state index in [1.165, 1.54) is 18.2 Å². The second kappa shape index (κ2) is 9.60. The number of amides is 1. The third-order valence-electron chi connectivity index (χ3n) is 5.39. The fourth-order valence-corrected chi connectivity index (χ4v) is 4.01. The van der Waals surface area contributed by atoms with Gasteiger partial charge < -0.3 is 10.6 Å². The summed E-state index contributed by atoms with van der Waals surface area (Å²) in [6.07, 6.45) is -5.34. The molecule has 0 bridgehead atoms. The van der Waals surface area contributed by atoms with Crippen molar-refractivity contribution in [3.05, 3.63) is 58.1 Å². The number of rotatable bonds is 6. The Hall–Kier alpha value is -2.42. The van der Waals surface area contributed by atoms with Crippen molar-refractivity contribution in [1.29, 1.82) is 0 Å². The van der Waals surface area contributed by atoms with Crippen LogP contribution < -0.4 is 10.6 Å². The summed E-state index contributed by atoms with van der Waals surface area (Å²) in [5.41, 5.74) is -1.95. The van der Waals surface area contributed by atoms with Gasteiger partial charge in [-0.2, -0.15) is 26.3 Å². The molecule has 2 N–H and O–H groups in total. The van der Waals surface area contributed by atoms with Crippen LogP contribution in [-0.4, -0.2) is 5.91 Å². The lowest BCUT2D eigenvalue weighted by atomic mass is 10.0. The molecule has 1 amide bonds. The first-order chi connectivity index (χ1) is 14.9. The highest BCUT2D eigenvalue weighted by Gasteiger charge is 2.36. The first kappa shape index (κ1) is 24.2. The number of nitrogens with one attached hydrogen (secondary N) is 2. The highest BCUT2D eigenvalue weighted by molar-refractivity contribution is 6.34. The minimum atomic E-state index is -4.77. The number of alkyl halides is 6. The molecule has 0 aliphatic heterocycles. The summed E-state index contributed by atoms with van der Waals surface area (Å²) in [6.45, 7) is -0.0147. The monoisotopic (exact) mass is 478 g/mol. The Morgan fingerprint density at radius 2 is 1.59 bits per heavy atom. The highest BCUT2D eigenvalue weighted by atomic mass is 35.5. The SMILES string of the molecule is O=C(CC1CCCC1)Nc1c(Cl)cc(NCc2ccc(C(F)(F)F)cc2)cc1C(F)(F)F. The normalized spacial score (nSPS) is 15.1. The first-order valence-corrected chi connectivity index (χ1v) is 10.4. The quantitative estimate of drug-likeness (QED) is 0.422. The molecule has 0 unspecified atom stereocenters.